The second-order valence-electron chi connectivity index (χ2n) is 4.93. The van der Waals surface area contributed by atoms with Crippen molar-refractivity contribution < 1.29 is 14.4 Å². The molecule has 0 saturated carbocycles. The highest BCUT2D eigenvalue weighted by atomic mass is 16.7. The smallest absolute Gasteiger partial charge is 0.331 e. The van der Waals surface area contributed by atoms with Gasteiger partial charge in [0.1, 0.15) is 0 Å². The topological polar surface area (TPSA) is 55.4 Å². The molecule has 4 heteroatoms. The van der Waals surface area contributed by atoms with Gasteiger partial charge < -0.3 is 4.84 Å². The van der Waals surface area contributed by atoms with Gasteiger partial charge in [0.15, 0.2) is 0 Å². The normalized spacial score (nSPS) is 10.3. The van der Waals surface area contributed by atoms with Crippen LogP contribution in [0.3, 0.4) is 0 Å². The van der Waals surface area contributed by atoms with E-state index >= 15 is 0 Å². The first-order valence-electron chi connectivity index (χ1n) is 7.29. The lowest BCUT2D eigenvalue weighted by Gasteiger charge is -2.17. The van der Waals surface area contributed by atoms with Crippen molar-refractivity contribution in [3.05, 3.63) is 71.8 Å². The van der Waals surface area contributed by atoms with Crippen LogP contribution in [0.5, 0.6) is 0 Å². The Hall–Kier alpha value is -2.62. The molecule has 0 saturated heterocycles. The lowest BCUT2D eigenvalue weighted by Crippen LogP contribution is -2.28. The summed E-state index contributed by atoms with van der Waals surface area (Å²) in [5.74, 6) is -0.855. The van der Waals surface area contributed by atoms with E-state index in [0.29, 0.717) is 0 Å². The van der Waals surface area contributed by atoms with E-state index in [9.17, 15) is 9.59 Å². The average Bonchev–Trinajstić information content (AvgIpc) is 2.59. The number of amides is 1. The van der Waals surface area contributed by atoms with E-state index < -0.39 is 5.97 Å². The van der Waals surface area contributed by atoms with Crippen LogP contribution in [0.2, 0.25) is 0 Å². The van der Waals surface area contributed by atoms with Gasteiger partial charge in [-0.2, -0.15) is 5.48 Å². The van der Waals surface area contributed by atoms with Crippen LogP contribution >= 0.6 is 0 Å². The zero-order chi connectivity index (χ0) is 15.8. The van der Waals surface area contributed by atoms with Crippen molar-refractivity contribution in [3.63, 3.8) is 0 Å². The number of rotatable bonds is 5. The predicted molar refractivity (Wildman–Crippen MR) is 83.9 cm³/mol. The largest absolute Gasteiger partial charge is 0.341 e. The Labute approximate surface area is 130 Å². The van der Waals surface area contributed by atoms with Gasteiger partial charge >= 0.3 is 5.97 Å². The third-order valence-corrected chi connectivity index (χ3v) is 3.36. The number of carbonyl (C=O) groups excluding carboxylic acids is 2. The van der Waals surface area contributed by atoms with Crippen LogP contribution in [0.4, 0.5) is 0 Å². The summed E-state index contributed by atoms with van der Waals surface area (Å²) in [5, 5.41) is 0. The maximum absolute atomic E-state index is 12.0. The van der Waals surface area contributed by atoms with Gasteiger partial charge in [-0.05, 0) is 11.1 Å². The molecule has 2 aromatic carbocycles. The van der Waals surface area contributed by atoms with Crippen molar-refractivity contribution in [1.29, 1.82) is 0 Å². The van der Waals surface area contributed by atoms with E-state index in [1.165, 1.54) is 0 Å². The van der Waals surface area contributed by atoms with Gasteiger partial charge in [-0.25, -0.2) is 4.79 Å². The molecule has 2 rings (SSSR count). The van der Waals surface area contributed by atoms with Gasteiger partial charge in [0.2, 0.25) is 0 Å². The molecule has 0 radical (unpaired) electrons. The third kappa shape index (κ3) is 4.45. The first-order valence-corrected chi connectivity index (χ1v) is 7.29. The minimum Gasteiger partial charge on any atom is -0.341 e. The molecule has 1 amide bonds. The van der Waals surface area contributed by atoms with Crippen molar-refractivity contribution in [2.24, 2.45) is 0 Å². The Morgan fingerprint density at radius 1 is 0.955 bits per heavy atom. The fourth-order valence-electron chi connectivity index (χ4n) is 2.21. The van der Waals surface area contributed by atoms with Crippen molar-refractivity contribution >= 4 is 11.9 Å². The number of hydrogen-bond donors (Lipinski definition) is 1. The summed E-state index contributed by atoms with van der Waals surface area (Å²) in [5.41, 5.74) is 4.31. The molecule has 0 aliphatic carbocycles. The monoisotopic (exact) mass is 297 g/mol. The van der Waals surface area contributed by atoms with Gasteiger partial charge in [0.25, 0.3) is 5.91 Å². The molecule has 0 bridgehead atoms. The first-order chi connectivity index (χ1) is 10.7. The Bertz CT molecular complexity index is 571. The van der Waals surface area contributed by atoms with Gasteiger partial charge in [-0.1, -0.05) is 67.6 Å². The minimum atomic E-state index is -0.454. The van der Waals surface area contributed by atoms with Crippen molar-refractivity contribution in [1.82, 2.24) is 5.48 Å². The standard InChI is InChI=1S/C18H19NO3/c1-2-18(21)22-19-17(20)13-16(14-9-5-3-6-10-14)15-11-7-4-8-12-15/h3-12,16H,2,13H2,1H3,(H,19,20). The number of hydroxylamine groups is 1. The van der Waals surface area contributed by atoms with E-state index in [-0.39, 0.29) is 24.7 Å². The molecule has 2 aromatic rings. The second-order valence-corrected chi connectivity index (χ2v) is 4.93. The minimum absolute atomic E-state index is 0.0808. The lowest BCUT2D eigenvalue weighted by molar-refractivity contribution is -0.158. The van der Waals surface area contributed by atoms with Gasteiger partial charge in [0.05, 0.1) is 0 Å². The fraction of sp³-hybridized carbons (Fsp3) is 0.222. The van der Waals surface area contributed by atoms with Crippen molar-refractivity contribution in [3.8, 4) is 0 Å². The number of hydrogen-bond acceptors (Lipinski definition) is 3. The lowest BCUT2D eigenvalue weighted by atomic mass is 9.88. The molecule has 22 heavy (non-hydrogen) atoms. The van der Waals surface area contributed by atoms with Gasteiger partial charge in [0, 0.05) is 18.8 Å². The van der Waals surface area contributed by atoms with E-state index in [2.05, 4.69) is 10.3 Å². The molecular weight excluding hydrogens is 278 g/mol. The number of nitrogens with one attached hydrogen (secondary N) is 1. The van der Waals surface area contributed by atoms with Crippen LogP contribution in [-0.2, 0) is 14.4 Å². The molecule has 4 nitrogen and oxygen atoms in total. The third-order valence-electron chi connectivity index (χ3n) is 3.36. The van der Waals surface area contributed by atoms with E-state index in [0.717, 1.165) is 11.1 Å². The molecule has 0 unspecified atom stereocenters. The highest BCUT2D eigenvalue weighted by molar-refractivity contribution is 5.79. The van der Waals surface area contributed by atoms with Crippen LogP contribution in [-0.4, -0.2) is 11.9 Å². The summed E-state index contributed by atoms with van der Waals surface area (Å²) in [6, 6.07) is 19.6. The molecule has 0 aliphatic rings. The number of carbonyl (C=O) groups is 2. The fourth-order valence-corrected chi connectivity index (χ4v) is 2.21. The molecule has 114 valence electrons. The molecule has 0 heterocycles. The van der Waals surface area contributed by atoms with Crippen molar-refractivity contribution in [2.75, 3.05) is 0 Å². The van der Waals surface area contributed by atoms with Crippen molar-refractivity contribution in [2.45, 2.75) is 25.7 Å². The SMILES string of the molecule is CCC(=O)ONC(=O)CC(c1ccccc1)c1ccccc1. The summed E-state index contributed by atoms with van der Waals surface area (Å²) >= 11 is 0. The van der Waals surface area contributed by atoms with Crippen LogP contribution in [0.1, 0.15) is 36.8 Å². The summed E-state index contributed by atoms with van der Waals surface area (Å²) < 4.78 is 0. The van der Waals surface area contributed by atoms with E-state index in [4.69, 9.17) is 0 Å². The van der Waals surface area contributed by atoms with Crippen LogP contribution in [0, 0.1) is 0 Å². The van der Waals surface area contributed by atoms with E-state index in [1.54, 1.807) is 6.92 Å². The van der Waals surface area contributed by atoms with Crippen LogP contribution in [0.25, 0.3) is 0 Å². The average molecular weight is 297 g/mol. The zero-order valence-corrected chi connectivity index (χ0v) is 12.5. The molecule has 0 spiro atoms. The van der Waals surface area contributed by atoms with Crippen LogP contribution < -0.4 is 5.48 Å². The maximum Gasteiger partial charge on any atom is 0.331 e. The quantitative estimate of drug-likeness (QED) is 0.862. The first kappa shape index (κ1) is 15.8. The molecule has 0 aliphatic heterocycles. The summed E-state index contributed by atoms with van der Waals surface area (Å²) in [6.45, 7) is 1.67. The predicted octanol–water partition coefficient (Wildman–Crippen LogP) is 3.19. The Kier molecular flexibility index (Phi) is 5.72. The molecule has 0 aromatic heterocycles. The maximum atomic E-state index is 12.0. The highest BCUT2D eigenvalue weighted by Crippen LogP contribution is 2.27. The highest BCUT2D eigenvalue weighted by Gasteiger charge is 2.18. The number of benzene rings is 2. The van der Waals surface area contributed by atoms with E-state index in [1.807, 2.05) is 60.7 Å². The van der Waals surface area contributed by atoms with Gasteiger partial charge in [-0.15, -0.1) is 0 Å². The van der Waals surface area contributed by atoms with Crippen LogP contribution in [0.15, 0.2) is 60.7 Å². The Morgan fingerprint density at radius 3 is 1.91 bits per heavy atom. The van der Waals surface area contributed by atoms with Gasteiger partial charge in [-0.3, -0.25) is 4.79 Å². The molecular formula is C18H19NO3. The zero-order valence-electron chi connectivity index (χ0n) is 12.5. The summed E-state index contributed by atoms with van der Waals surface area (Å²) in [7, 11) is 0. The summed E-state index contributed by atoms with van der Waals surface area (Å²) in [6.07, 6.45) is 0.437. The molecule has 0 fully saturated rings. The summed E-state index contributed by atoms with van der Waals surface area (Å²) in [4.78, 5) is 27.8. The Morgan fingerprint density at radius 2 is 1.45 bits per heavy atom. The molecule has 0 atom stereocenters. The molecule has 1 N–H and O–H groups in total. The second kappa shape index (κ2) is 7.98. The Balaban J connectivity index is 2.12.